The van der Waals surface area contributed by atoms with Crippen LogP contribution in [0.15, 0.2) is 42.7 Å². The summed E-state index contributed by atoms with van der Waals surface area (Å²) in [5, 5.41) is 4.40. The van der Waals surface area contributed by atoms with Gasteiger partial charge in [0.1, 0.15) is 5.75 Å². The first-order valence-corrected chi connectivity index (χ1v) is 8.81. The zero-order valence-corrected chi connectivity index (χ0v) is 14.0. The number of rotatable bonds is 4. The third-order valence-corrected chi connectivity index (χ3v) is 5.26. The molecule has 0 N–H and O–H groups in total. The van der Waals surface area contributed by atoms with Gasteiger partial charge in [0.25, 0.3) is 5.91 Å². The van der Waals surface area contributed by atoms with Gasteiger partial charge in [0.2, 0.25) is 0 Å². The van der Waals surface area contributed by atoms with Crippen molar-refractivity contribution >= 4 is 5.91 Å². The molecule has 5 nitrogen and oxygen atoms in total. The van der Waals surface area contributed by atoms with Gasteiger partial charge >= 0.3 is 0 Å². The molecule has 0 radical (unpaired) electrons. The molecule has 2 aliphatic rings. The van der Waals surface area contributed by atoms with Crippen LogP contribution in [0.3, 0.4) is 0 Å². The minimum Gasteiger partial charge on any atom is -0.493 e. The second-order valence-electron chi connectivity index (χ2n) is 6.64. The van der Waals surface area contributed by atoms with Gasteiger partial charge in [0, 0.05) is 24.5 Å². The fourth-order valence-corrected chi connectivity index (χ4v) is 4.26. The summed E-state index contributed by atoms with van der Waals surface area (Å²) in [5.74, 6) is 0.809. The Labute approximate surface area is 142 Å². The molecule has 1 aromatic heterocycles. The zero-order valence-electron chi connectivity index (χ0n) is 14.0. The summed E-state index contributed by atoms with van der Waals surface area (Å²) < 4.78 is 7.72. The summed E-state index contributed by atoms with van der Waals surface area (Å²) >= 11 is 0. The van der Waals surface area contributed by atoms with E-state index in [0.717, 1.165) is 25.7 Å². The molecule has 1 amide bonds. The highest BCUT2D eigenvalue weighted by Gasteiger charge is 2.44. The molecule has 2 aliphatic heterocycles. The fourth-order valence-electron chi connectivity index (χ4n) is 4.26. The molecule has 2 fully saturated rings. The first kappa shape index (κ1) is 15.2. The zero-order chi connectivity index (χ0) is 16.5. The lowest BCUT2D eigenvalue weighted by Gasteiger charge is -2.39. The third kappa shape index (κ3) is 2.58. The Morgan fingerprint density at radius 3 is 2.58 bits per heavy atom. The molecule has 2 atom stereocenters. The van der Waals surface area contributed by atoms with Gasteiger partial charge in [-0.2, -0.15) is 5.10 Å². The van der Waals surface area contributed by atoms with Crippen LogP contribution >= 0.6 is 0 Å². The Morgan fingerprint density at radius 1 is 1.17 bits per heavy atom. The highest BCUT2D eigenvalue weighted by atomic mass is 16.5. The van der Waals surface area contributed by atoms with Gasteiger partial charge in [-0.05, 0) is 50.8 Å². The fraction of sp³-hybridized carbons (Fsp3) is 0.474. The molecule has 2 aromatic rings. The van der Waals surface area contributed by atoms with Crippen molar-refractivity contribution in [2.45, 2.75) is 50.7 Å². The maximum Gasteiger partial charge on any atom is 0.258 e. The van der Waals surface area contributed by atoms with Gasteiger partial charge in [-0.3, -0.25) is 9.48 Å². The summed E-state index contributed by atoms with van der Waals surface area (Å²) in [6, 6.07) is 10.6. The Morgan fingerprint density at radius 2 is 1.92 bits per heavy atom. The predicted octanol–water partition coefficient (Wildman–Crippen LogP) is 3.29. The van der Waals surface area contributed by atoms with Crippen molar-refractivity contribution < 1.29 is 9.53 Å². The number of amides is 1. The molecule has 126 valence electrons. The minimum atomic E-state index is 0.116. The normalized spacial score (nSPS) is 25.7. The SMILES string of the molecule is CCOc1ccccc1C(=O)N1C2CCC1CC(n1cccn1)C2. The van der Waals surface area contributed by atoms with Crippen molar-refractivity contribution in [1.82, 2.24) is 14.7 Å². The third-order valence-electron chi connectivity index (χ3n) is 5.26. The summed E-state index contributed by atoms with van der Waals surface area (Å²) in [5.41, 5.74) is 0.689. The topological polar surface area (TPSA) is 47.4 Å². The molecule has 3 heterocycles. The molecule has 4 rings (SSSR count). The average molecular weight is 325 g/mol. The van der Waals surface area contributed by atoms with Crippen LogP contribution in [0.5, 0.6) is 5.75 Å². The highest BCUT2D eigenvalue weighted by molar-refractivity contribution is 5.97. The maximum atomic E-state index is 13.2. The largest absolute Gasteiger partial charge is 0.493 e. The number of aromatic nitrogens is 2. The van der Waals surface area contributed by atoms with Crippen molar-refractivity contribution in [3.63, 3.8) is 0 Å². The molecule has 2 bridgehead atoms. The van der Waals surface area contributed by atoms with Crippen LogP contribution in [0.2, 0.25) is 0 Å². The number of carbonyl (C=O) groups is 1. The number of para-hydroxylation sites is 1. The van der Waals surface area contributed by atoms with E-state index in [1.807, 2.05) is 49.6 Å². The number of hydrogen-bond acceptors (Lipinski definition) is 3. The maximum absolute atomic E-state index is 13.2. The molecule has 0 spiro atoms. The molecule has 24 heavy (non-hydrogen) atoms. The standard InChI is InChI=1S/C19H23N3O2/c1-2-24-18-7-4-3-6-17(18)19(23)22-14-8-9-15(22)13-16(12-14)21-11-5-10-20-21/h3-7,10-11,14-16H,2,8-9,12-13H2,1H3. The summed E-state index contributed by atoms with van der Waals surface area (Å²) in [6.45, 7) is 2.51. The van der Waals surface area contributed by atoms with Crippen LogP contribution in [-0.4, -0.2) is 39.3 Å². The average Bonchev–Trinajstić information content (AvgIpc) is 3.22. The second kappa shape index (κ2) is 6.30. The molecular weight excluding hydrogens is 302 g/mol. The van der Waals surface area contributed by atoms with E-state index in [1.165, 1.54) is 0 Å². The summed E-state index contributed by atoms with van der Waals surface area (Å²) in [4.78, 5) is 15.3. The number of fused-ring (bicyclic) bond motifs is 2. The van der Waals surface area contributed by atoms with Crippen LogP contribution in [0.25, 0.3) is 0 Å². The lowest BCUT2D eigenvalue weighted by Crippen LogP contribution is -2.47. The Hall–Kier alpha value is -2.30. The van der Waals surface area contributed by atoms with E-state index in [2.05, 4.69) is 14.7 Å². The molecule has 2 unspecified atom stereocenters. The smallest absolute Gasteiger partial charge is 0.258 e. The van der Waals surface area contributed by atoms with Gasteiger partial charge in [0.05, 0.1) is 18.2 Å². The summed E-state index contributed by atoms with van der Waals surface area (Å²) in [6.07, 6.45) is 8.02. The lowest BCUT2D eigenvalue weighted by molar-refractivity contribution is 0.0520. The van der Waals surface area contributed by atoms with E-state index in [-0.39, 0.29) is 5.91 Å². The minimum absolute atomic E-state index is 0.116. The monoisotopic (exact) mass is 325 g/mol. The van der Waals surface area contributed by atoms with Gasteiger partial charge in [-0.1, -0.05) is 12.1 Å². The van der Waals surface area contributed by atoms with Gasteiger partial charge in [-0.25, -0.2) is 0 Å². The number of carbonyl (C=O) groups excluding carboxylic acids is 1. The molecule has 0 aliphatic carbocycles. The quantitative estimate of drug-likeness (QED) is 0.866. The first-order chi connectivity index (χ1) is 11.8. The van der Waals surface area contributed by atoms with E-state index in [1.54, 1.807) is 0 Å². The Kier molecular flexibility index (Phi) is 4.00. The number of benzene rings is 1. The number of piperidine rings is 1. The van der Waals surface area contributed by atoms with Crippen LogP contribution in [0, 0.1) is 0 Å². The van der Waals surface area contributed by atoms with Crippen molar-refractivity contribution in [2.75, 3.05) is 6.61 Å². The molecule has 2 saturated heterocycles. The molecular formula is C19H23N3O2. The van der Waals surface area contributed by atoms with E-state index in [0.29, 0.717) is 36.0 Å². The number of ether oxygens (including phenoxy) is 1. The first-order valence-electron chi connectivity index (χ1n) is 8.81. The Balaban J connectivity index is 1.57. The van der Waals surface area contributed by atoms with Gasteiger partial charge in [0.15, 0.2) is 0 Å². The molecule has 0 saturated carbocycles. The molecule has 5 heteroatoms. The van der Waals surface area contributed by atoms with Crippen LogP contribution in [0.4, 0.5) is 0 Å². The lowest BCUT2D eigenvalue weighted by atomic mass is 9.96. The van der Waals surface area contributed by atoms with Crippen LogP contribution in [-0.2, 0) is 0 Å². The van der Waals surface area contributed by atoms with Crippen LogP contribution < -0.4 is 4.74 Å². The Bertz CT molecular complexity index is 699. The summed E-state index contributed by atoms with van der Waals surface area (Å²) in [7, 11) is 0. The number of hydrogen-bond donors (Lipinski definition) is 0. The van der Waals surface area contributed by atoms with E-state index >= 15 is 0 Å². The molecule has 1 aromatic carbocycles. The van der Waals surface area contributed by atoms with E-state index in [4.69, 9.17) is 4.74 Å². The van der Waals surface area contributed by atoms with E-state index in [9.17, 15) is 4.79 Å². The van der Waals surface area contributed by atoms with E-state index < -0.39 is 0 Å². The van der Waals surface area contributed by atoms with Crippen molar-refractivity contribution in [3.8, 4) is 5.75 Å². The van der Waals surface area contributed by atoms with Crippen molar-refractivity contribution in [2.24, 2.45) is 0 Å². The van der Waals surface area contributed by atoms with Crippen molar-refractivity contribution in [3.05, 3.63) is 48.3 Å². The number of nitrogens with zero attached hydrogens (tertiary/aromatic N) is 3. The highest BCUT2D eigenvalue weighted by Crippen LogP contribution is 2.41. The second-order valence-corrected chi connectivity index (χ2v) is 6.64. The van der Waals surface area contributed by atoms with Crippen LogP contribution in [0.1, 0.15) is 49.0 Å². The van der Waals surface area contributed by atoms with Gasteiger partial charge < -0.3 is 9.64 Å². The van der Waals surface area contributed by atoms with Crippen molar-refractivity contribution in [1.29, 1.82) is 0 Å². The predicted molar refractivity (Wildman–Crippen MR) is 91.1 cm³/mol. The van der Waals surface area contributed by atoms with Gasteiger partial charge in [-0.15, -0.1) is 0 Å².